The van der Waals surface area contributed by atoms with E-state index in [2.05, 4.69) is 5.32 Å². The van der Waals surface area contributed by atoms with Crippen LogP contribution in [-0.2, 0) is 25.7 Å². The Morgan fingerprint density at radius 1 is 0.966 bits per heavy atom. The first-order chi connectivity index (χ1) is 14.2. The van der Waals surface area contributed by atoms with Gasteiger partial charge in [0.2, 0.25) is 0 Å². The van der Waals surface area contributed by atoms with Gasteiger partial charge in [-0.05, 0) is 42.7 Å². The van der Waals surface area contributed by atoms with Crippen LogP contribution in [0.3, 0.4) is 0 Å². The Kier molecular flexibility index (Phi) is 7.89. The number of hydrogen-bond acceptors (Lipinski definition) is 6. The summed E-state index contributed by atoms with van der Waals surface area (Å²) in [6, 6.07) is 16.8. The number of nitrogens with one attached hydrogen (secondary N) is 1. The summed E-state index contributed by atoms with van der Waals surface area (Å²) in [4.78, 5) is 23.4. The lowest BCUT2D eigenvalue weighted by atomic mass is 10.2. The molecule has 2 aromatic rings. The minimum absolute atomic E-state index is 0.0534. The highest BCUT2D eigenvalue weighted by Gasteiger charge is 2.16. The van der Waals surface area contributed by atoms with Crippen LogP contribution >= 0.6 is 0 Å². The third-order valence-corrected chi connectivity index (χ3v) is 4.34. The van der Waals surface area contributed by atoms with Crippen molar-refractivity contribution in [2.45, 2.75) is 25.6 Å². The maximum atomic E-state index is 11.7. The van der Waals surface area contributed by atoms with Crippen LogP contribution in [-0.4, -0.2) is 44.3 Å². The molecule has 1 heterocycles. The Hall–Kier alpha value is -3.06. The number of carbonyl (C=O) groups is 2. The number of esters is 1. The first-order valence-corrected chi connectivity index (χ1v) is 9.62. The lowest BCUT2D eigenvalue weighted by Gasteiger charge is -2.11. The second kappa shape index (κ2) is 11.1. The van der Waals surface area contributed by atoms with E-state index in [0.717, 1.165) is 25.0 Å². The van der Waals surface area contributed by atoms with Crippen LogP contribution in [0, 0.1) is 0 Å². The van der Waals surface area contributed by atoms with E-state index in [-0.39, 0.29) is 25.2 Å². The molecule has 0 bridgehead atoms. The van der Waals surface area contributed by atoms with E-state index < -0.39 is 5.97 Å². The molecule has 1 atom stereocenters. The zero-order valence-corrected chi connectivity index (χ0v) is 16.2. The molecule has 0 aliphatic carbocycles. The summed E-state index contributed by atoms with van der Waals surface area (Å²) >= 11 is 0. The molecule has 1 saturated heterocycles. The van der Waals surface area contributed by atoms with Crippen molar-refractivity contribution in [1.29, 1.82) is 0 Å². The van der Waals surface area contributed by atoms with Gasteiger partial charge in [0.05, 0.1) is 6.10 Å². The van der Waals surface area contributed by atoms with Gasteiger partial charge >= 0.3 is 5.97 Å². The Balaban J connectivity index is 1.30. The van der Waals surface area contributed by atoms with Crippen LogP contribution in [0.1, 0.15) is 18.4 Å². The van der Waals surface area contributed by atoms with E-state index in [0.29, 0.717) is 24.7 Å². The molecular formula is C22H25NO6. The van der Waals surface area contributed by atoms with Gasteiger partial charge in [0.15, 0.2) is 13.2 Å². The number of ether oxygens (including phenoxy) is 4. The van der Waals surface area contributed by atoms with E-state index in [4.69, 9.17) is 18.9 Å². The minimum atomic E-state index is -0.610. The molecule has 0 spiro atoms. The van der Waals surface area contributed by atoms with Crippen molar-refractivity contribution in [3.05, 3.63) is 60.2 Å². The van der Waals surface area contributed by atoms with Gasteiger partial charge in [-0.25, -0.2) is 4.79 Å². The zero-order chi connectivity index (χ0) is 20.3. The number of benzene rings is 2. The maximum absolute atomic E-state index is 11.7. The lowest BCUT2D eigenvalue weighted by molar-refractivity contribution is -0.150. The molecule has 3 rings (SSSR count). The lowest BCUT2D eigenvalue weighted by Crippen LogP contribution is -2.35. The van der Waals surface area contributed by atoms with Crippen molar-refractivity contribution >= 4 is 11.9 Å². The molecule has 7 heteroatoms. The summed E-state index contributed by atoms with van der Waals surface area (Å²) < 4.78 is 21.4. The summed E-state index contributed by atoms with van der Waals surface area (Å²) in [7, 11) is 0. The molecule has 1 fully saturated rings. The van der Waals surface area contributed by atoms with Gasteiger partial charge < -0.3 is 24.3 Å². The van der Waals surface area contributed by atoms with Crippen molar-refractivity contribution in [2.24, 2.45) is 0 Å². The SMILES string of the molecule is O=C(COC(=O)COc1ccc(OCc2ccccc2)cc1)NC[C@@H]1CCCO1. The van der Waals surface area contributed by atoms with E-state index in [1.54, 1.807) is 24.3 Å². The number of hydrogen-bond donors (Lipinski definition) is 1. The fourth-order valence-electron chi connectivity index (χ4n) is 2.79. The van der Waals surface area contributed by atoms with Crippen molar-refractivity contribution in [2.75, 3.05) is 26.4 Å². The van der Waals surface area contributed by atoms with E-state index in [1.807, 2.05) is 30.3 Å². The quantitative estimate of drug-likeness (QED) is 0.618. The highest BCUT2D eigenvalue weighted by atomic mass is 16.6. The Morgan fingerprint density at radius 3 is 2.38 bits per heavy atom. The molecule has 154 valence electrons. The average Bonchev–Trinajstić information content (AvgIpc) is 3.28. The van der Waals surface area contributed by atoms with Crippen LogP contribution in [0.15, 0.2) is 54.6 Å². The predicted octanol–water partition coefficient (Wildman–Crippen LogP) is 2.48. The summed E-state index contributed by atoms with van der Waals surface area (Å²) in [6.07, 6.45) is 1.99. The van der Waals surface area contributed by atoms with Gasteiger partial charge in [-0.3, -0.25) is 4.79 Å². The third-order valence-electron chi connectivity index (χ3n) is 4.34. The van der Waals surface area contributed by atoms with Crippen LogP contribution in [0.4, 0.5) is 0 Å². The summed E-state index contributed by atoms with van der Waals surface area (Å²) in [5, 5.41) is 2.69. The molecule has 1 aliphatic rings. The van der Waals surface area contributed by atoms with Crippen LogP contribution in [0.25, 0.3) is 0 Å². The molecule has 7 nitrogen and oxygen atoms in total. The normalized spacial score (nSPS) is 15.5. The van der Waals surface area contributed by atoms with Gasteiger partial charge in [-0.1, -0.05) is 30.3 Å². The van der Waals surface area contributed by atoms with Crippen LogP contribution in [0.5, 0.6) is 11.5 Å². The summed E-state index contributed by atoms with van der Waals surface area (Å²) in [5.74, 6) is 0.249. The Morgan fingerprint density at radius 2 is 1.69 bits per heavy atom. The van der Waals surface area contributed by atoms with Crippen molar-refractivity contribution in [3.63, 3.8) is 0 Å². The highest BCUT2D eigenvalue weighted by molar-refractivity contribution is 5.80. The van der Waals surface area contributed by atoms with E-state index >= 15 is 0 Å². The maximum Gasteiger partial charge on any atom is 0.344 e. The third kappa shape index (κ3) is 7.46. The minimum Gasteiger partial charge on any atom is -0.489 e. The second-order valence-electron chi connectivity index (χ2n) is 6.63. The Labute approximate surface area is 169 Å². The molecular weight excluding hydrogens is 374 g/mol. The van der Waals surface area contributed by atoms with Gasteiger partial charge in [0.1, 0.15) is 18.1 Å². The molecule has 0 saturated carbocycles. The van der Waals surface area contributed by atoms with Crippen molar-refractivity contribution in [1.82, 2.24) is 5.32 Å². The van der Waals surface area contributed by atoms with Crippen molar-refractivity contribution in [3.8, 4) is 11.5 Å². The number of carbonyl (C=O) groups excluding carboxylic acids is 2. The average molecular weight is 399 g/mol. The standard InChI is InChI=1S/C22H25NO6/c24-21(23-13-20-7-4-12-26-20)15-29-22(25)16-28-19-10-8-18(9-11-19)27-14-17-5-2-1-3-6-17/h1-3,5-6,8-11,20H,4,7,12-16H2,(H,23,24)/t20-/m0/s1. The molecule has 2 aromatic carbocycles. The van der Waals surface area contributed by atoms with Gasteiger partial charge in [0.25, 0.3) is 5.91 Å². The molecule has 0 aromatic heterocycles. The first-order valence-electron chi connectivity index (χ1n) is 9.62. The fourth-order valence-corrected chi connectivity index (χ4v) is 2.79. The fraction of sp³-hybridized carbons (Fsp3) is 0.364. The van der Waals surface area contributed by atoms with Gasteiger partial charge in [-0.15, -0.1) is 0 Å². The molecule has 1 N–H and O–H groups in total. The van der Waals surface area contributed by atoms with E-state index in [9.17, 15) is 9.59 Å². The largest absolute Gasteiger partial charge is 0.489 e. The highest BCUT2D eigenvalue weighted by Crippen LogP contribution is 2.18. The smallest absolute Gasteiger partial charge is 0.344 e. The molecule has 0 unspecified atom stereocenters. The summed E-state index contributed by atoms with van der Waals surface area (Å²) in [5.41, 5.74) is 1.08. The van der Waals surface area contributed by atoms with E-state index in [1.165, 1.54) is 0 Å². The van der Waals surface area contributed by atoms with Gasteiger partial charge in [0, 0.05) is 13.2 Å². The van der Waals surface area contributed by atoms with Crippen LogP contribution < -0.4 is 14.8 Å². The summed E-state index contributed by atoms with van der Waals surface area (Å²) in [6.45, 7) is 1.03. The first kappa shape index (κ1) is 20.7. The predicted molar refractivity (Wildman–Crippen MR) is 106 cm³/mol. The Bertz CT molecular complexity index is 772. The number of rotatable bonds is 10. The topological polar surface area (TPSA) is 83.1 Å². The second-order valence-corrected chi connectivity index (χ2v) is 6.63. The van der Waals surface area contributed by atoms with Gasteiger partial charge in [-0.2, -0.15) is 0 Å². The molecule has 1 aliphatic heterocycles. The molecule has 29 heavy (non-hydrogen) atoms. The zero-order valence-electron chi connectivity index (χ0n) is 16.2. The molecule has 1 amide bonds. The number of amides is 1. The van der Waals surface area contributed by atoms with Crippen LogP contribution in [0.2, 0.25) is 0 Å². The van der Waals surface area contributed by atoms with Crippen molar-refractivity contribution < 1.29 is 28.5 Å². The molecule has 0 radical (unpaired) electrons. The monoisotopic (exact) mass is 399 g/mol.